The number of aliphatic carboxylic acids is 1. The molecular formula is C16H30O7. The van der Waals surface area contributed by atoms with Gasteiger partial charge in [-0.2, -0.15) is 0 Å². The summed E-state index contributed by atoms with van der Waals surface area (Å²) in [5.41, 5.74) is 0. The van der Waals surface area contributed by atoms with Gasteiger partial charge in [-0.1, -0.05) is 51.9 Å². The molecule has 1 rings (SSSR count). The van der Waals surface area contributed by atoms with E-state index in [1.54, 1.807) is 0 Å². The van der Waals surface area contributed by atoms with Crippen LogP contribution in [0.2, 0.25) is 0 Å². The maximum Gasteiger partial charge on any atom is 0.335 e. The lowest BCUT2D eigenvalue weighted by Crippen LogP contribution is -2.42. The first-order valence-corrected chi connectivity index (χ1v) is 8.53. The Labute approximate surface area is 137 Å². The Balaban J connectivity index is 2.14. The molecule has 0 radical (unpaired) electrons. The van der Waals surface area contributed by atoms with Gasteiger partial charge in [0.25, 0.3) is 0 Å². The van der Waals surface area contributed by atoms with E-state index in [0.29, 0.717) is 6.61 Å². The monoisotopic (exact) mass is 334 g/mol. The summed E-state index contributed by atoms with van der Waals surface area (Å²) in [4.78, 5) is 10.7. The zero-order chi connectivity index (χ0) is 17.2. The van der Waals surface area contributed by atoms with E-state index in [2.05, 4.69) is 6.92 Å². The first-order chi connectivity index (χ1) is 11.0. The molecule has 7 heteroatoms. The summed E-state index contributed by atoms with van der Waals surface area (Å²) in [5.74, 6) is -1.51. The van der Waals surface area contributed by atoms with E-state index in [1.165, 1.54) is 32.1 Å². The molecule has 0 aromatic rings. The van der Waals surface area contributed by atoms with E-state index >= 15 is 0 Å². The summed E-state index contributed by atoms with van der Waals surface area (Å²) in [6.45, 7) is 2.55. The molecule has 0 aliphatic carbocycles. The summed E-state index contributed by atoms with van der Waals surface area (Å²) in [5, 5.41) is 37.6. The molecular weight excluding hydrogens is 304 g/mol. The van der Waals surface area contributed by atoms with Crippen molar-refractivity contribution in [1.29, 1.82) is 0 Å². The molecule has 4 N–H and O–H groups in total. The number of rotatable bonds is 12. The Morgan fingerprint density at radius 1 is 1.04 bits per heavy atom. The van der Waals surface area contributed by atoms with Crippen molar-refractivity contribution in [3.63, 3.8) is 0 Å². The summed E-state index contributed by atoms with van der Waals surface area (Å²) in [6, 6.07) is 0. The van der Waals surface area contributed by atoms with Crippen molar-refractivity contribution in [2.75, 3.05) is 6.61 Å². The van der Waals surface area contributed by atoms with E-state index in [-0.39, 0.29) is 0 Å². The zero-order valence-corrected chi connectivity index (χ0v) is 13.8. The largest absolute Gasteiger partial charge is 0.479 e. The molecule has 1 aliphatic heterocycles. The number of hydrogen-bond acceptors (Lipinski definition) is 6. The second kappa shape index (κ2) is 10.9. The molecule has 5 atom stereocenters. The molecule has 1 fully saturated rings. The van der Waals surface area contributed by atoms with Crippen molar-refractivity contribution >= 4 is 5.97 Å². The highest BCUT2D eigenvalue weighted by molar-refractivity contribution is 5.72. The maximum atomic E-state index is 10.7. The Morgan fingerprint density at radius 3 is 2.17 bits per heavy atom. The van der Waals surface area contributed by atoms with Gasteiger partial charge in [0.15, 0.2) is 12.4 Å². The number of carboxylic acid groups (broad SMARTS) is 1. The second-order valence-corrected chi connectivity index (χ2v) is 6.08. The number of aliphatic hydroxyl groups excluding tert-OH is 3. The zero-order valence-electron chi connectivity index (χ0n) is 13.8. The molecule has 0 amide bonds. The quantitative estimate of drug-likeness (QED) is 0.394. The van der Waals surface area contributed by atoms with Crippen molar-refractivity contribution in [2.24, 2.45) is 0 Å². The van der Waals surface area contributed by atoms with Crippen LogP contribution in [0.1, 0.15) is 58.3 Å². The summed E-state index contributed by atoms with van der Waals surface area (Å²) < 4.78 is 10.5. The molecule has 23 heavy (non-hydrogen) atoms. The van der Waals surface area contributed by atoms with E-state index in [1.807, 2.05) is 0 Å². The third-order valence-corrected chi connectivity index (χ3v) is 4.10. The Kier molecular flexibility index (Phi) is 9.66. The highest BCUT2D eigenvalue weighted by atomic mass is 16.7. The van der Waals surface area contributed by atoms with Crippen LogP contribution in [0.3, 0.4) is 0 Å². The van der Waals surface area contributed by atoms with Crippen molar-refractivity contribution in [2.45, 2.75) is 89.0 Å². The fourth-order valence-corrected chi connectivity index (χ4v) is 2.65. The van der Waals surface area contributed by atoms with Crippen LogP contribution in [-0.2, 0) is 14.3 Å². The molecule has 1 aliphatic rings. The van der Waals surface area contributed by atoms with Crippen LogP contribution in [-0.4, -0.2) is 63.7 Å². The fourth-order valence-electron chi connectivity index (χ4n) is 2.65. The number of unbranched alkanes of at least 4 members (excludes halogenated alkanes) is 7. The van der Waals surface area contributed by atoms with Gasteiger partial charge in [0, 0.05) is 6.61 Å². The average Bonchev–Trinajstić information content (AvgIpc) is 2.80. The van der Waals surface area contributed by atoms with Gasteiger partial charge in [0.2, 0.25) is 0 Å². The number of aliphatic hydroxyl groups is 3. The first-order valence-electron chi connectivity index (χ1n) is 8.53. The predicted molar refractivity (Wildman–Crippen MR) is 82.9 cm³/mol. The van der Waals surface area contributed by atoms with Crippen LogP contribution in [0.25, 0.3) is 0 Å². The number of ether oxygens (including phenoxy) is 2. The highest BCUT2D eigenvalue weighted by Gasteiger charge is 2.48. The maximum absolute atomic E-state index is 10.7. The van der Waals surface area contributed by atoms with Gasteiger partial charge in [0.05, 0.1) is 0 Å². The lowest BCUT2D eigenvalue weighted by atomic mass is 10.1. The molecule has 3 unspecified atom stereocenters. The van der Waals surface area contributed by atoms with Crippen molar-refractivity contribution in [3.8, 4) is 0 Å². The lowest BCUT2D eigenvalue weighted by molar-refractivity contribution is -0.186. The van der Waals surface area contributed by atoms with Crippen LogP contribution < -0.4 is 0 Å². The van der Waals surface area contributed by atoms with Gasteiger partial charge in [0.1, 0.15) is 18.3 Å². The molecule has 1 saturated heterocycles. The third-order valence-electron chi connectivity index (χ3n) is 4.10. The third kappa shape index (κ3) is 6.73. The molecule has 0 aromatic heterocycles. The Morgan fingerprint density at radius 2 is 1.61 bits per heavy atom. The minimum atomic E-state index is -1.89. The Bertz CT molecular complexity index is 336. The van der Waals surface area contributed by atoms with Crippen LogP contribution >= 0.6 is 0 Å². The van der Waals surface area contributed by atoms with Gasteiger partial charge in [-0.25, -0.2) is 4.79 Å². The van der Waals surface area contributed by atoms with Gasteiger partial charge in [-0.05, 0) is 6.42 Å². The standard InChI is InChI=1S/C16H30O7/c1-2-3-4-5-6-7-8-9-10-22-16-12(18)11(17)14(23-16)13(19)15(20)21/h11-14,16-19H,2-10H2,1H3,(H,20,21)/t11?,12?,13?,14-,16+/m1/s1. The first kappa shape index (κ1) is 20.3. The molecule has 1 heterocycles. The lowest BCUT2D eigenvalue weighted by Gasteiger charge is -2.17. The van der Waals surface area contributed by atoms with E-state index in [0.717, 1.165) is 19.3 Å². The number of carbonyl (C=O) groups is 1. The topological polar surface area (TPSA) is 116 Å². The highest BCUT2D eigenvalue weighted by Crippen LogP contribution is 2.25. The number of carboxylic acids is 1. The van der Waals surface area contributed by atoms with Crippen LogP contribution in [0.15, 0.2) is 0 Å². The van der Waals surface area contributed by atoms with E-state index in [9.17, 15) is 20.1 Å². The summed E-state index contributed by atoms with van der Waals surface area (Å²) >= 11 is 0. The van der Waals surface area contributed by atoms with Crippen molar-refractivity contribution < 1.29 is 34.7 Å². The average molecular weight is 334 g/mol. The molecule has 0 saturated carbocycles. The SMILES string of the molecule is CCCCCCCCCCO[C@H]1O[C@@H](C(O)C(=O)O)C(O)C1O. The van der Waals surface area contributed by atoms with Crippen molar-refractivity contribution in [3.05, 3.63) is 0 Å². The van der Waals surface area contributed by atoms with Crippen LogP contribution in [0, 0.1) is 0 Å². The molecule has 7 nitrogen and oxygen atoms in total. The van der Waals surface area contributed by atoms with Crippen LogP contribution in [0.4, 0.5) is 0 Å². The van der Waals surface area contributed by atoms with Gasteiger partial charge in [-0.15, -0.1) is 0 Å². The molecule has 0 bridgehead atoms. The van der Waals surface area contributed by atoms with Crippen LogP contribution in [0.5, 0.6) is 0 Å². The number of hydrogen-bond donors (Lipinski definition) is 4. The van der Waals surface area contributed by atoms with Gasteiger partial charge >= 0.3 is 5.97 Å². The van der Waals surface area contributed by atoms with E-state index < -0.39 is 36.7 Å². The predicted octanol–water partition coefficient (Wildman–Crippen LogP) is 1.04. The summed E-state index contributed by atoms with van der Waals surface area (Å²) in [7, 11) is 0. The fraction of sp³-hybridized carbons (Fsp3) is 0.938. The summed E-state index contributed by atoms with van der Waals surface area (Å²) in [6.07, 6.45) is 1.98. The van der Waals surface area contributed by atoms with E-state index in [4.69, 9.17) is 14.6 Å². The second-order valence-electron chi connectivity index (χ2n) is 6.08. The van der Waals surface area contributed by atoms with Gasteiger partial charge < -0.3 is 29.9 Å². The normalized spacial score (nSPS) is 28.9. The van der Waals surface area contributed by atoms with Gasteiger partial charge in [-0.3, -0.25) is 0 Å². The minimum Gasteiger partial charge on any atom is -0.479 e. The molecule has 0 spiro atoms. The molecule has 136 valence electrons. The minimum absolute atomic E-state index is 0.360. The Hall–Kier alpha value is -0.730. The van der Waals surface area contributed by atoms with Crippen molar-refractivity contribution in [1.82, 2.24) is 0 Å². The molecule has 0 aromatic carbocycles. The smallest absolute Gasteiger partial charge is 0.335 e.